The normalized spacial score (nSPS) is 14.3. The smallest absolute Gasteiger partial charge is 0.234 e. The van der Waals surface area contributed by atoms with E-state index in [1.165, 1.54) is 0 Å². The molecule has 0 aliphatic rings. The summed E-state index contributed by atoms with van der Waals surface area (Å²) in [6, 6.07) is 9.87. The quantitative estimate of drug-likeness (QED) is 0.825. The number of carbonyl (C=O) groups excluding carboxylic acids is 1. The molecule has 0 spiro atoms. The summed E-state index contributed by atoms with van der Waals surface area (Å²) in [5, 5.41) is 3.04. The fraction of sp³-hybridized carbons (Fsp3) is 0.500. The second-order valence-corrected chi connectivity index (χ2v) is 4.92. The molecule has 0 heterocycles. The number of hydrogen-bond donors (Lipinski definition) is 1. The molecule has 1 N–H and O–H groups in total. The molecule has 0 saturated carbocycles. The number of likely N-dealkylation sites (N-methyl/N-ethyl adjacent to an activating group) is 1. The molecule has 1 aromatic carbocycles. The molecule has 1 amide bonds. The summed E-state index contributed by atoms with van der Waals surface area (Å²) in [5.74, 6) is -0.0107. The highest BCUT2D eigenvalue weighted by Gasteiger charge is 2.28. The Morgan fingerprint density at radius 1 is 1.33 bits per heavy atom. The largest absolute Gasteiger partial charge is 0.382 e. The summed E-state index contributed by atoms with van der Waals surface area (Å²) >= 11 is 0. The highest BCUT2D eigenvalue weighted by atomic mass is 16.5. The molecule has 1 rings (SSSR count). The first-order valence-electron chi connectivity index (χ1n) is 5.98. The monoisotopic (exact) mass is 250 g/mol. The van der Waals surface area contributed by atoms with Gasteiger partial charge in [0.05, 0.1) is 18.7 Å². The zero-order chi connectivity index (χ0) is 13.6. The van der Waals surface area contributed by atoms with Gasteiger partial charge in [-0.15, -0.1) is 0 Å². The predicted molar refractivity (Wildman–Crippen MR) is 72.4 cm³/mol. The highest BCUT2D eigenvalue weighted by molar-refractivity contribution is 5.79. The van der Waals surface area contributed by atoms with Crippen molar-refractivity contribution in [2.45, 2.75) is 12.5 Å². The molecule has 4 nitrogen and oxygen atoms in total. The van der Waals surface area contributed by atoms with Crippen LogP contribution in [-0.2, 0) is 15.1 Å². The number of rotatable bonds is 6. The molecule has 0 radical (unpaired) electrons. The molecule has 1 aromatic rings. The van der Waals surface area contributed by atoms with Crippen molar-refractivity contribution < 1.29 is 9.53 Å². The van der Waals surface area contributed by atoms with Crippen LogP contribution >= 0.6 is 0 Å². The lowest BCUT2D eigenvalue weighted by Gasteiger charge is -2.31. The number of benzene rings is 1. The molecular formula is C14H22N2O2. The van der Waals surface area contributed by atoms with Crippen molar-refractivity contribution >= 4 is 5.91 Å². The standard InChI is InChI=1S/C14H22N2O2/c1-14(11-18-4,12-8-6-5-7-9-12)15-13(17)10-16(2)3/h5-9H,10-11H2,1-4H3,(H,15,17). The van der Waals surface area contributed by atoms with Gasteiger partial charge in [0.25, 0.3) is 0 Å². The maximum atomic E-state index is 11.9. The van der Waals surface area contributed by atoms with Gasteiger partial charge >= 0.3 is 0 Å². The predicted octanol–water partition coefficient (Wildman–Crippen LogP) is 1.23. The molecule has 0 aliphatic carbocycles. The number of ether oxygens (including phenoxy) is 1. The van der Waals surface area contributed by atoms with Gasteiger partial charge in [0.1, 0.15) is 0 Å². The average Bonchev–Trinajstić information content (AvgIpc) is 2.29. The van der Waals surface area contributed by atoms with Crippen molar-refractivity contribution in [3.63, 3.8) is 0 Å². The molecule has 1 atom stereocenters. The minimum Gasteiger partial charge on any atom is -0.382 e. The molecule has 0 aromatic heterocycles. The second-order valence-electron chi connectivity index (χ2n) is 4.92. The van der Waals surface area contributed by atoms with Crippen molar-refractivity contribution in [1.82, 2.24) is 10.2 Å². The van der Waals surface area contributed by atoms with E-state index in [9.17, 15) is 4.79 Å². The van der Waals surface area contributed by atoms with Gasteiger partial charge in [-0.25, -0.2) is 0 Å². The summed E-state index contributed by atoms with van der Waals surface area (Å²) in [7, 11) is 5.38. The van der Waals surface area contributed by atoms with Gasteiger partial charge in [-0.3, -0.25) is 4.79 Å². The number of carbonyl (C=O) groups is 1. The maximum Gasteiger partial charge on any atom is 0.234 e. The van der Waals surface area contributed by atoms with Crippen LogP contribution in [0.5, 0.6) is 0 Å². The van der Waals surface area contributed by atoms with E-state index in [2.05, 4.69) is 5.32 Å². The van der Waals surface area contributed by atoms with Crippen LogP contribution in [0, 0.1) is 0 Å². The fourth-order valence-electron chi connectivity index (χ4n) is 1.92. The lowest BCUT2D eigenvalue weighted by Crippen LogP contribution is -2.49. The molecule has 0 fully saturated rings. The van der Waals surface area contributed by atoms with Gasteiger partial charge in [0.2, 0.25) is 5.91 Å². The molecule has 0 aliphatic heterocycles. The van der Waals surface area contributed by atoms with Gasteiger partial charge in [-0.1, -0.05) is 30.3 Å². The summed E-state index contributed by atoms with van der Waals surface area (Å²) in [6.45, 7) is 2.78. The van der Waals surface area contributed by atoms with E-state index in [1.54, 1.807) is 7.11 Å². The molecule has 100 valence electrons. The van der Waals surface area contributed by atoms with E-state index in [4.69, 9.17) is 4.74 Å². The number of nitrogens with one attached hydrogen (secondary N) is 1. The summed E-state index contributed by atoms with van der Waals surface area (Å²) < 4.78 is 5.24. The van der Waals surface area contributed by atoms with Gasteiger partial charge in [-0.05, 0) is 26.6 Å². The van der Waals surface area contributed by atoms with Crippen molar-refractivity contribution in [3.8, 4) is 0 Å². The van der Waals surface area contributed by atoms with E-state index in [0.29, 0.717) is 13.2 Å². The Labute approximate surface area is 109 Å². The highest BCUT2D eigenvalue weighted by Crippen LogP contribution is 2.20. The Hall–Kier alpha value is -1.39. The Balaban J connectivity index is 2.84. The van der Waals surface area contributed by atoms with Crippen LogP contribution in [0.1, 0.15) is 12.5 Å². The lowest BCUT2D eigenvalue weighted by atomic mass is 9.93. The first-order chi connectivity index (χ1) is 8.48. The Kier molecular flexibility index (Phi) is 5.31. The van der Waals surface area contributed by atoms with Crippen LogP contribution in [0.3, 0.4) is 0 Å². The maximum absolute atomic E-state index is 11.9. The van der Waals surface area contributed by atoms with Crippen molar-refractivity contribution in [1.29, 1.82) is 0 Å². The molecule has 0 bridgehead atoms. The van der Waals surface area contributed by atoms with E-state index < -0.39 is 5.54 Å². The van der Waals surface area contributed by atoms with E-state index in [-0.39, 0.29) is 5.91 Å². The number of nitrogens with zero attached hydrogens (tertiary/aromatic N) is 1. The summed E-state index contributed by atoms with van der Waals surface area (Å²) in [4.78, 5) is 13.7. The van der Waals surface area contributed by atoms with Crippen molar-refractivity contribution in [2.75, 3.05) is 34.4 Å². The minimum atomic E-state index is -0.497. The second kappa shape index (κ2) is 6.52. The van der Waals surface area contributed by atoms with Gasteiger partial charge in [-0.2, -0.15) is 0 Å². The molecule has 18 heavy (non-hydrogen) atoms. The average molecular weight is 250 g/mol. The Bertz CT molecular complexity index is 379. The van der Waals surface area contributed by atoms with Crippen molar-refractivity contribution in [2.24, 2.45) is 0 Å². The zero-order valence-corrected chi connectivity index (χ0v) is 11.6. The third-order valence-electron chi connectivity index (χ3n) is 2.72. The molecule has 4 heteroatoms. The summed E-state index contributed by atoms with van der Waals surface area (Å²) in [5.41, 5.74) is 0.544. The van der Waals surface area contributed by atoms with Crippen LogP contribution in [0.4, 0.5) is 0 Å². The van der Waals surface area contributed by atoms with Crippen LogP contribution in [0.2, 0.25) is 0 Å². The van der Waals surface area contributed by atoms with Gasteiger partial charge in [0.15, 0.2) is 0 Å². The third kappa shape index (κ3) is 4.13. The topological polar surface area (TPSA) is 41.6 Å². The van der Waals surface area contributed by atoms with Gasteiger partial charge < -0.3 is 15.0 Å². The minimum absolute atomic E-state index is 0.0107. The van der Waals surface area contributed by atoms with Crippen LogP contribution in [0.25, 0.3) is 0 Å². The Morgan fingerprint density at radius 3 is 2.44 bits per heavy atom. The van der Waals surface area contributed by atoms with Gasteiger partial charge in [0, 0.05) is 7.11 Å². The number of hydrogen-bond acceptors (Lipinski definition) is 3. The van der Waals surface area contributed by atoms with E-state index >= 15 is 0 Å². The summed E-state index contributed by atoms with van der Waals surface area (Å²) in [6.07, 6.45) is 0. The number of methoxy groups -OCH3 is 1. The third-order valence-corrected chi connectivity index (χ3v) is 2.72. The van der Waals surface area contributed by atoms with Crippen LogP contribution < -0.4 is 5.32 Å². The van der Waals surface area contributed by atoms with E-state index in [1.807, 2.05) is 56.3 Å². The molecular weight excluding hydrogens is 228 g/mol. The first kappa shape index (κ1) is 14.7. The lowest BCUT2D eigenvalue weighted by molar-refractivity contribution is -0.124. The van der Waals surface area contributed by atoms with Crippen LogP contribution in [0.15, 0.2) is 30.3 Å². The van der Waals surface area contributed by atoms with E-state index in [0.717, 1.165) is 5.56 Å². The van der Waals surface area contributed by atoms with Crippen molar-refractivity contribution in [3.05, 3.63) is 35.9 Å². The van der Waals surface area contributed by atoms with Crippen LogP contribution in [-0.4, -0.2) is 45.2 Å². The molecule has 0 saturated heterocycles. The molecule has 1 unspecified atom stereocenters. The Morgan fingerprint density at radius 2 is 1.94 bits per heavy atom. The first-order valence-corrected chi connectivity index (χ1v) is 5.98. The fourth-order valence-corrected chi connectivity index (χ4v) is 1.92. The number of amides is 1. The SMILES string of the molecule is COCC(C)(NC(=O)CN(C)C)c1ccccc1. The zero-order valence-electron chi connectivity index (χ0n) is 11.6.